The molecular formula is C33H37ClN2O4. The summed E-state index contributed by atoms with van der Waals surface area (Å²) in [6, 6.07) is 19.5. The van der Waals surface area contributed by atoms with Crippen molar-refractivity contribution < 1.29 is 19.1 Å². The number of nitrogens with zero attached hydrogens (tertiary/aromatic N) is 2. The van der Waals surface area contributed by atoms with Crippen LogP contribution in [0.25, 0.3) is 0 Å². The highest BCUT2D eigenvalue weighted by atomic mass is 35.5. The molecule has 0 bridgehead atoms. The fraction of sp³-hybridized carbons (Fsp3) is 0.394. The van der Waals surface area contributed by atoms with Crippen LogP contribution in [0.2, 0.25) is 5.02 Å². The summed E-state index contributed by atoms with van der Waals surface area (Å²) in [6.07, 6.45) is 3.54. The van der Waals surface area contributed by atoms with E-state index in [4.69, 9.17) is 21.1 Å². The van der Waals surface area contributed by atoms with Crippen molar-refractivity contribution in [2.24, 2.45) is 5.92 Å². The van der Waals surface area contributed by atoms with Gasteiger partial charge in [0.05, 0.1) is 25.7 Å². The summed E-state index contributed by atoms with van der Waals surface area (Å²) >= 11 is 6.24. The number of halogens is 1. The van der Waals surface area contributed by atoms with Crippen molar-refractivity contribution in [2.75, 3.05) is 30.5 Å². The van der Waals surface area contributed by atoms with Crippen LogP contribution in [-0.4, -0.2) is 38.5 Å². The fourth-order valence-electron chi connectivity index (χ4n) is 5.87. The van der Waals surface area contributed by atoms with Gasteiger partial charge in [0.2, 0.25) is 5.91 Å². The van der Waals surface area contributed by atoms with Crippen molar-refractivity contribution in [3.8, 4) is 11.5 Å². The SMILES string of the molecule is COc1cc2c(cc1OC(C)C)[C@H](c1ccc(Cl)cc1)N(c1ccc(N(C)CC3CCC(=O)CC3)cc1)C(=O)C2. The molecular weight excluding hydrogens is 524 g/mol. The molecule has 3 aromatic rings. The van der Waals surface area contributed by atoms with Crippen LogP contribution in [0.15, 0.2) is 60.7 Å². The van der Waals surface area contributed by atoms with Crippen molar-refractivity contribution in [3.63, 3.8) is 0 Å². The summed E-state index contributed by atoms with van der Waals surface area (Å²) in [7, 11) is 3.71. The van der Waals surface area contributed by atoms with Gasteiger partial charge < -0.3 is 19.3 Å². The highest BCUT2D eigenvalue weighted by Gasteiger charge is 2.36. The molecule has 0 N–H and O–H groups in total. The minimum absolute atomic E-state index is 0.0139. The molecule has 1 amide bonds. The number of ketones is 1. The van der Waals surface area contributed by atoms with Gasteiger partial charge >= 0.3 is 0 Å². The molecule has 0 radical (unpaired) electrons. The lowest BCUT2D eigenvalue weighted by Gasteiger charge is -2.38. The lowest BCUT2D eigenvalue weighted by molar-refractivity contribution is -0.121. The molecule has 0 spiro atoms. The Labute approximate surface area is 241 Å². The molecule has 1 aliphatic heterocycles. The molecule has 40 heavy (non-hydrogen) atoms. The number of hydrogen-bond donors (Lipinski definition) is 0. The Hall–Kier alpha value is -3.51. The largest absolute Gasteiger partial charge is 0.493 e. The Morgan fingerprint density at radius 1 is 0.975 bits per heavy atom. The molecule has 1 atom stereocenters. The van der Waals surface area contributed by atoms with Gasteiger partial charge in [0.1, 0.15) is 5.78 Å². The highest BCUT2D eigenvalue weighted by molar-refractivity contribution is 6.30. The van der Waals surface area contributed by atoms with Gasteiger partial charge in [-0.15, -0.1) is 0 Å². The molecule has 0 aromatic heterocycles. The van der Waals surface area contributed by atoms with Gasteiger partial charge in [-0.05, 0) is 97.8 Å². The third-order valence-corrected chi connectivity index (χ3v) is 8.15. The topological polar surface area (TPSA) is 59.1 Å². The van der Waals surface area contributed by atoms with Crippen molar-refractivity contribution in [1.29, 1.82) is 0 Å². The van der Waals surface area contributed by atoms with Crippen LogP contribution in [0.3, 0.4) is 0 Å². The number of rotatable bonds is 8. The predicted molar refractivity (Wildman–Crippen MR) is 160 cm³/mol. The molecule has 6 nitrogen and oxygen atoms in total. The highest BCUT2D eigenvalue weighted by Crippen LogP contribution is 2.44. The minimum Gasteiger partial charge on any atom is -0.493 e. The molecule has 2 aliphatic rings. The van der Waals surface area contributed by atoms with E-state index >= 15 is 0 Å². The molecule has 1 aliphatic carbocycles. The second-order valence-electron chi connectivity index (χ2n) is 11.1. The second-order valence-corrected chi connectivity index (χ2v) is 11.6. The number of benzene rings is 3. The normalized spacial score (nSPS) is 17.6. The smallest absolute Gasteiger partial charge is 0.232 e. The van der Waals surface area contributed by atoms with E-state index in [2.05, 4.69) is 24.1 Å². The number of ether oxygens (including phenoxy) is 2. The minimum atomic E-state index is -0.350. The Morgan fingerprint density at radius 2 is 1.65 bits per heavy atom. The molecule has 7 heteroatoms. The molecule has 0 unspecified atom stereocenters. The Bertz CT molecular complexity index is 1360. The van der Waals surface area contributed by atoms with E-state index in [1.807, 2.05) is 67.3 Å². The molecule has 210 valence electrons. The van der Waals surface area contributed by atoms with E-state index in [0.29, 0.717) is 41.1 Å². The van der Waals surface area contributed by atoms with Crippen LogP contribution >= 0.6 is 11.6 Å². The van der Waals surface area contributed by atoms with Crippen LogP contribution in [0.5, 0.6) is 11.5 Å². The summed E-state index contributed by atoms with van der Waals surface area (Å²) in [5.74, 6) is 2.20. The summed E-state index contributed by atoms with van der Waals surface area (Å²) in [6.45, 7) is 4.88. The first-order chi connectivity index (χ1) is 19.2. The van der Waals surface area contributed by atoms with E-state index in [1.165, 1.54) is 0 Å². The van der Waals surface area contributed by atoms with E-state index in [0.717, 1.165) is 47.5 Å². The third kappa shape index (κ3) is 5.97. The summed E-state index contributed by atoms with van der Waals surface area (Å²) in [5.41, 5.74) is 4.82. The maximum absolute atomic E-state index is 13.8. The van der Waals surface area contributed by atoms with E-state index in [-0.39, 0.29) is 24.5 Å². The molecule has 0 saturated heterocycles. The van der Waals surface area contributed by atoms with Gasteiger partial charge in [0.25, 0.3) is 0 Å². The number of hydrogen-bond acceptors (Lipinski definition) is 5. The van der Waals surface area contributed by atoms with Crippen molar-refractivity contribution in [3.05, 3.63) is 82.4 Å². The Morgan fingerprint density at radius 3 is 2.27 bits per heavy atom. The Kier molecular flexibility index (Phi) is 8.36. The van der Waals surface area contributed by atoms with Crippen molar-refractivity contribution in [1.82, 2.24) is 0 Å². The van der Waals surface area contributed by atoms with Gasteiger partial charge in [-0.1, -0.05) is 23.7 Å². The Balaban J connectivity index is 1.49. The number of carbonyl (C=O) groups excluding carboxylic acids is 2. The first-order valence-corrected chi connectivity index (χ1v) is 14.4. The van der Waals surface area contributed by atoms with Gasteiger partial charge in [0, 0.05) is 42.8 Å². The summed E-state index contributed by atoms with van der Waals surface area (Å²) in [4.78, 5) is 29.5. The third-order valence-electron chi connectivity index (χ3n) is 7.90. The van der Waals surface area contributed by atoms with E-state index in [9.17, 15) is 9.59 Å². The van der Waals surface area contributed by atoms with Crippen molar-refractivity contribution >= 4 is 34.7 Å². The van der Waals surface area contributed by atoms with Crippen molar-refractivity contribution in [2.45, 2.75) is 58.1 Å². The van der Waals surface area contributed by atoms with E-state index in [1.54, 1.807) is 7.11 Å². The zero-order chi connectivity index (χ0) is 28.4. The number of Topliss-reactive ketones (excluding diaryl/α,β-unsaturated/α-hetero) is 1. The zero-order valence-electron chi connectivity index (χ0n) is 23.7. The maximum Gasteiger partial charge on any atom is 0.232 e. The molecule has 1 fully saturated rings. The number of fused-ring (bicyclic) bond motifs is 1. The van der Waals surface area contributed by atoms with Crippen LogP contribution in [-0.2, 0) is 16.0 Å². The standard InChI is InChI=1S/C33H37ClN2O4/c1-21(2)40-31-19-29-24(17-30(31)39-4)18-32(38)36(33(29)23-7-9-25(34)10-8-23)27-13-11-26(12-14-27)35(3)20-22-5-15-28(37)16-6-22/h7-14,17,19,21-22,33H,5-6,15-16,18,20H2,1-4H3/t33-/m0/s1. The lowest BCUT2D eigenvalue weighted by atomic mass is 9.86. The molecule has 1 saturated carbocycles. The summed E-state index contributed by atoms with van der Waals surface area (Å²) < 4.78 is 11.7. The average molecular weight is 561 g/mol. The van der Waals surface area contributed by atoms with Gasteiger partial charge in [-0.2, -0.15) is 0 Å². The first kappa shape index (κ1) is 28.0. The molecule has 5 rings (SSSR count). The van der Waals surface area contributed by atoms with Gasteiger partial charge in [-0.25, -0.2) is 0 Å². The first-order valence-electron chi connectivity index (χ1n) is 14.0. The van der Waals surface area contributed by atoms with Crippen LogP contribution < -0.4 is 19.3 Å². The lowest BCUT2D eigenvalue weighted by Crippen LogP contribution is -2.41. The second kappa shape index (κ2) is 11.9. The molecule has 1 heterocycles. The zero-order valence-corrected chi connectivity index (χ0v) is 24.4. The number of anilines is 2. The van der Waals surface area contributed by atoms with E-state index < -0.39 is 0 Å². The number of methoxy groups -OCH3 is 1. The maximum atomic E-state index is 13.8. The summed E-state index contributed by atoms with van der Waals surface area (Å²) in [5, 5.41) is 0.644. The quantitative estimate of drug-likeness (QED) is 0.296. The monoisotopic (exact) mass is 560 g/mol. The predicted octanol–water partition coefficient (Wildman–Crippen LogP) is 7.01. The van der Waals surface area contributed by atoms with Crippen LogP contribution in [0, 0.1) is 5.92 Å². The van der Waals surface area contributed by atoms with Crippen LogP contribution in [0.1, 0.15) is 62.3 Å². The average Bonchev–Trinajstić information content (AvgIpc) is 2.94. The number of amides is 1. The number of carbonyl (C=O) groups is 2. The van der Waals surface area contributed by atoms with Gasteiger partial charge in [-0.3, -0.25) is 9.59 Å². The molecule has 3 aromatic carbocycles. The fourth-order valence-corrected chi connectivity index (χ4v) is 6.00. The van der Waals surface area contributed by atoms with Gasteiger partial charge in [0.15, 0.2) is 11.5 Å². The van der Waals surface area contributed by atoms with Crippen LogP contribution in [0.4, 0.5) is 11.4 Å².